The average molecular weight is 267 g/mol. The number of ether oxygens (including phenoxy) is 1. The molecule has 0 aromatic carbocycles. The van der Waals surface area contributed by atoms with Crippen molar-refractivity contribution in [1.29, 1.82) is 0 Å². The van der Waals surface area contributed by atoms with Gasteiger partial charge in [-0.2, -0.15) is 0 Å². The van der Waals surface area contributed by atoms with Crippen molar-refractivity contribution in [3.63, 3.8) is 0 Å². The summed E-state index contributed by atoms with van der Waals surface area (Å²) in [5, 5.41) is 8.95. The highest BCUT2D eigenvalue weighted by atomic mass is 16.5. The van der Waals surface area contributed by atoms with Gasteiger partial charge in [-0.25, -0.2) is 9.97 Å². The highest BCUT2D eigenvalue weighted by Gasteiger charge is 2.14. The molecule has 1 heterocycles. The zero-order valence-electron chi connectivity index (χ0n) is 11.7. The Balaban J connectivity index is 2.84. The summed E-state index contributed by atoms with van der Waals surface area (Å²) in [5.41, 5.74) is 0. The van der Waals surface area contributed by atoms with Crippen LogP contribution < -0.4 is 9.64 Å². The first-order valence-electron chi connectivity index (χ1n) is 6.44. The molecular weight excluding hydrogens is 246 g/mol. The van der Waals surface area contributed by atoms with Crippen LogP contribution in [0.1, 0.15) is 27.2 Å². The SMILES string of the molecule is CCCOc1cc(N(CC(=O)O)CC(C)C)ncn1. The lowest BCUT2D eigenvalue weighted by molar-refractivity contribution is -0.135. The molecule has 0 fully saturated rings. The number of hydrogen-bond acceptors (Lipinski definition) is 5. The predicted molar refractivity (Wildman–Crippen MR) is 72.5 cm³/mol. The molecule has 0 saturated carbocycles. The van der Waals surface area contributed by atoms with E-state index in [1.165, 1.54) is 6.33 Å². The minimum Gasteiger partial charge on any atom is -0.480 e. The van der Waals surface area contributed by atoms with Crippen molar-refractivity contribution in [3.05, 3.63) is 12.4 Å². The fraction of sp³-hybridized carbons (Fsp3) is 0.615. The molecule has 0 saturated heterocycles. The molecular formula is C13H21N3O3. The van der Waals surface area contributed by atoms with Crippen molar-refractivity contribution in [2.45, 2.75) is 27.2 Å². The second kappa shape index (κ2) is 7.56. The summed E-state index contributed by atoms with van der Waals surface area (Å²) in [6, 6.07) is 1.68. The van der Waals surface area contributed by atoms with E-state index in [1.807, 2.05) is 20.8 Å². The number of aromatic nitrogens is 2. The second-order valence-corrected chi connectivity index (χ2v) is 4.73. The molecule has 0 radical (unpaired) electrons. The van der Waals surface area contributed by atoms with Crippen LogP contribution in [0.15, 0.2) is 12.4 Å². The number of carbonyl (C=O) groups is 1. The highest BCUT2D eigenvalue weighted by Crippen LogP contribution is 2.17. The molecule has 0 aliphatic carbocycles. The Morgan fingerprint density at radius 1 is 1.47 bits per heavy atom. The molecule has 19 heavy (non-hydrogen) atoms. The van der Waals surface area contributed by atoms with Crippen molar-refractivity contribution in [1.82, 2.24) is 9.97 Å². The molecule has 0 unspecified atom stereocenters. The Morgan fingerprint density at radius 3 is 2.79 bits per heavy atom. The molecule has 0 spiro atoms. The number of rotatable bonds is 8. The number of anilines is 1. The minimum absolute atomic E-state index is 0.0809. The molecule has 6 heteroatoms. The summed E-state index contributed by atoms with van der Waals surface area (Å²) >= 11 is 0. The topological polar surface area (TPSA) is 75.5 Å². The van der Waals surface area contributed by atoms with E-state index in [1.54, 1.807) is 11.0 Å². The summed E-state index contributed by atoms with van der Waals surface area (Å²) in [5.74, 6) is 0.521. The van der Waals surface area contributed by atoms with Crippen LogP contribution in [-0.4, -0.2) is 40.7 Å². The Kier molecular flexibility index (Phi) is 6.05. The molecule has 106 valence electrons. The standard InChI is InChI=1S/C13H21N3O3/c1-4-5-19-12-6-11(14-9-15-12)16(7-10(2)3)8-13(17)18/h6,9-10H,4-5,7-8H2,1-3H3,(H,17,18). The number of carboxylic acid groups (broad SMARTS) is 1. The Bertz CT molecular complexity index is 410. The lowest BCUT2D eigenvalue weighted by Gasteiger charge is -2.23. The summed E-state index contributed by atoms with van der Waals surface area (Å²) in [7, 11) is 0. The quantitative estimate of drug-likeness (QED) is 0.774. The van der Waals surface area contributed by atoms with Crippen LogP contribution >= 0.6 is 0 Å². The minimum atomic E-state index is -0.879. The molecule has 1 rings (SSSR count). The van der Waals surface area contributed by atoms with Gasteiger partial charge in [-0.05, 0) is 12.3 Å². The van der Waals surface area contributed by atoms with Gasteiger partial charge in [-0.1, -0.05) is 20.8 Å². The van der Waals surface area contributed by atoms with Gasteiger partial charge in [-0.15, -0.1) is 0 Å². The maximum absolute atomic E-state index is 10.9. The lowest BCUT2D eigenvalue weighted by atomic mass is 10.2. The van der Waals surface area contributed by atoms with E-state index in [0.717, 1.165) is 6.42 Å². The smallest absolute Gasteiger partial charge is 0.323 e. The first-order chi connectivity index (χ1) is 9.02. The Labute approximate surface area is 113 Å². The van der Waals surface area contributed by atoms with Crippen LogP contribution in [0, 0.1) is 5.92 Å². The second-order valence-electron chi connectivity index (χ2n) is 4.73. The van der Waals surface area contributed by atoms with Crippen molar-refractivity contribution < 1.29 is 14.6 Å². The maximum atomic E-state index is 10.9. The van der Waals surface area contributed by atoms with Gasteiger partial charge in [-0.3, -0.25) is 4.79 Å². The number of nitrogens with zero attached hydrogens (tertiary/aromatic N) is 3. The molecule has 0 aliphatic rings. The van der Waals surface area contributed by atoms with E-state index in [0.29, 0.717) is 30.8 Å². The van der Waals surface area contributed by atoms with Gasteiger partial charge in [0.1, 0.15) is 18.7 Å². The van der Waals surface area contributed by atoms with Crippen molar-refractivity contribution in [2.24, 2.45) is 5.92 Å². The van der Waals surface area contributed by atoms with Crippen LogP contribution in [0.25, 0.3) is 0 Å². The summed E-state index contributed by atoms with van der Waals surface area (Å²) < 4.78 is 5.43. The third-order valence-electron chi connectivity index (χ3n) is 2.32. The van der Waals surface area contributed by atoms with Crippen LogP contribution in [0.2, 0.25) is 0 Å². The van der Waals surface area contributed by atoms with E-state index < -0.39 is 5.97 Å². The van der Waals surface area contributed by atoms with Crippen molar-refractivity contribution in [3.8, 4) is 5.88 Å². The number of hydrogen-bond donors (Lipinski definition) is 1. The van der Waals surface area contributed by atoms with Gasteiger partial charge in [0, 0.05) is 12.6 Å². The number of carboxylic acids is 1. The normalized spacial score (nSPS) is 10.5. The van der Waals surface area contributed by atoms with Gasteiger partial charge < -0.3 is 14.7 Å². The van der Waals surface area contributed by atoms with Gasteiger partial charge in [0.15, 0.2) is 0 Å². The predicted octanol–water partition coefficient (Wildman–Crippen LogP) is 1.81. The fourth-order valence-electron chi connectivity index (χ4n) is 1.63. The van der Waals surface area contributed by atoms with Gasteiger partial charge in [0.05, 0.1) is 6.61 Å². The molecule has 0 bridgehead atoms. The zero-order valence-corrected chi connectivity index (χ0v) is 11.7. The van der Waals surface area contributed by atoms with E-state index in [9.17, 15) is 4.79 Å². The maximum Gasteiger partial charge on any atom is 0.323 e. The third-order valence-corrected chi connectivity index (χ3v) is 2.32. The molecule has 1 aromatic heterocycles. The van der Waals surface area contributed by atoms with Gasteiger partial charge >= 0.3 is 5.97 Å². The van der Waals surface area contributed by atoms with Gasteiger partial charge in [0.2, 0.25) is 5.88 Å². The van der Waals surface area contributed by atoms with Crippen LogP contribution in [0.3, 0.4) is 0 Å². The van der Waals surface area contributed by atoms with Crippen LogP contribution in [0.5, 0.6) is 5.88 Å². The van der Waals surface area contributed by atoms with E-state index in [-0.39, 0.29) is 6.54 Å². The molecule has 0 amide bonds. The molecule has 0 aliphatic heterocycles. The Hall–Kier alpha value is -1.85. The highest BCUT2D eigenvalue weighted by molar-refractivity contribution is 5.73. The lowest BCUT2D eigenvalue weighted by Crippen LogP contribution is -2.33. The molecule has 1 N–H and O–H groups in total. The molecule has 1 aromatic rings. The van der Waals surface area contributed by atoms with E-state index in [4.69, 9.17) is 9.84 Å². The third kappa shape index (κ3) is 5.54. The average Bonchev–Trinajstić information content (AvgIpc) is 2.35. The first kappa shape index (κ1) is 15.2. The zero-order chi connectivity index (χ0) is 14.3. The largest absolute Gasteiger partial charge is 0.480 e. The van der Waals surface area contributed by atoms with Crippen molar-refractivity contribution in [2.75, 3.05) is 24.6 Å². The van der Waals surface area contributed by atoms with E-state index in [2.05, 4.69) is 9.97 Å². The number of aliphatic carboxylic acids is 1. The van der Waals surface area contributed by atoms with Crippen LogP contribution in [-0.2, 0) is 4.79 Å². The summed E-state index contributed by atoms with van der Waals surface area (Å²) in [6.07, 6.45) is 2.29. The molecule has 6 nitrogen and oxygen atoms in total. The Morgan fingerprint density at radius 2 is 2.21 bits per heavy atom. The first-order valence-corrected chi connectivity index (χ1v) is 6.44. The van der Waals surface area contributed by atoms with Crippen molar-refractivity contribution >= 4 is 11.8 Å². The fourth-order valence-corrected chi connectivity index (χ4v) is 1.63. The van der Waals surface area contributed by atoms with E-state index >= 15 is 0 Å². The monoisotopic (exact) mass is 267 g/mol. The van der Waals surface area contributed by atoms with Crippen LogP contribution in [0.4, 0.5) is 5.82 Å². The summed E-state index contributed by atoms with van der Waals surface area (Å²) in [4.78, 5) is 20.8. The summed E-state index contributed by atoms with van der Waals surface area (Å²) in [6.45, 7) is 7.20. The van der Waals surface area contributed by atoms with Gasteiger partial charge in [0.25, 0.3) is 0 Å². The molecule has 0 atom stereocenters.